The van der Waals surface area contributed by atoms with Crippen LogP contribution in [0, 0.1) is 0 Å². The van der Waals surface area contributed by atoms with Crippen LogP contribution in [0.5, 0.6) is 0 Å². The van der Waals surface area contributed by atoms with Crippen molar-refractivity contribution >= 4 is 0 Å². The molecule has 1 rings (SSSR count). The van der Waals surface area contributed by atoms with Gasteiger partial charge in [0.25, 0.3) is 0 Å². The van der Waals surface area contributed by atoms with Crippen molar-refractivity contribution in [3.63, 3.8) is 0 Å². The summed E-state index contributed by atoms with van der Waals surface area (Å²) in [5.74, 6) is 0. The van der Waals surface area contributed by atoms with Crippen molar-refractivity contribution in [3.05, 3.63) is 12.7 Å². The lowest BCUT2D eigenvalue weighted by Gasteiger charge is -2.41. The van der Waals surface area contributed by atoms with Gasteiger partial charge in [-0.25, -0.2) is 0 Å². The molecule has 1 fully saturated rings. The number of hydrogen-bond donors (Lipinski definition) is 2. The van der Waals surface area contributed by atoms with Gasteiger partial charge in [-0.3, -0.25) is 0 Å². The van der Waals surface area contributed by atoms with Gasteiger partial charge in [-0.05, 0) is 38.9 Å². The number of nitrogens with zero attached hydrogens (tertiary/aromatic N) is 1. The molecule has 0 bridgehead atoms. The van der Waals surface area contributed by atoms with Crippen LogP contribution in [0.3, 0.4) is 0 Å². The average molecular weight is 211 g/mol. The van der Waals surface area contributed by atoms with E-state index in [0.717, 1.165) is 25.9 Å². The number of piperidine rings is 1. The summed E-state index contributed by atoms with van der Waals surface area (Å²) in [4.78, 5) is 2.53. The Balaban J connectivity index is 2.39. The highest BCUT2D eigenvalue weighted by atomic mass is 15.2. The fourth-order valence-electron chi connectivity index (χ4n) is 2.26. The summed E-state index contributed by atoms with van der Waals surface area (Å²) in [7, 11) is 0. The van der Waals surface area contributed by atoms with Crippen LogP contribution in [-0.4, -0.2) is 43.2 Å². The van der Waals surface area contributed by atoms with Crippen molar-refractivity contribution in [2.75, 3.05) is 32.7 Å². The summed E-state index contributed by atoms with van der Waals surface area (Å²) in [6.07, 6.45) is 5.49. The van der Waals surface area contributed by atoms with Gasteiger partial charge in [0.05, 0.1) is 0 Å². The summed E-state index contributed by atoms with van der Waals surface area (Å²) in [5.41, 5.74) is 6.05. The molecular weight excluding hydrogens is 186 g/mol. The molecule has 88 valence electrons. The first-order valence-electron chi connectivity index (χ1n) is 6.04. The van der Waals surface area contributed by atoms with Gasteiger partial charge in [-0.1, -0.05) is 13.0 Å². The lowest BCUT2D eigenvalue weighted by atomic mass is 9.87. The predicted octanol–water partition coefficient (Wildman–Crippen LogP) is 0.965. The van der Waals surface area contributed by atoms with Crippen LogP contribution < -0.4 is 11.1 Å². The Kier molecular flexibility index (Phi) is 5.29. The third-order valence-electron chi connectivity index (χ3n) is 3.37. The Hall–Kier alpha value is -0.380. The first-order valence-corrected chi connectivity index (χ1v) is 6.04. The Morgan fingerprint density at radius 3 is 2.60 bits per heavy atom. The first kappa shape index (κ1) is 12.7. The van der Waals surface area contributed by atoms with Gasteiger partial charge in [-0.2, -0.15) is 0 Å². The third kappa shape index (κ3) is 3.59. The molecule has 1 aliphatic heterocycles. The smallest absolute Gasteiger partial charge is 0.0331 e. The lowest BCUT2D eigenvalue weighted by Crippen LogP contribution is -2.57. The zero-order valence-electron chi connectivity index (χ0n) is 9.97. The van der Waals surface area contributed by atoms with E-state index in [4.69, 9.17) is 5.73 Å². The Bertz CT molecular complexity index is 183. The second-order valence-electron chi connectivity index (χ2n) is 4.50. The van der Waals surface area contributed by atoms with E-state index < -0.39 is 0 Å². The normalized spacial score (nSPS) is 21.5. The van der Waals surface area contributed by atoms with Crippen molar-refractivity contribution in [3.8, 4) is 0 Å². The predicted molar refractivity (Wildman–Crippen MR) is 66.0 cm³/mol. The van der Waals surface area contributed by atoms with Crippen LogP contribution >= 0.6 is 0 Å². The van der Waals surface area contributed by atoms with Crippen LogP contribution in [0.25, 0.3) is 0 Å². The molecule has 0 aliphatic carbocycles. The zero-order valence-corrected chi connectivity index (χ0v) is 9.97. The average Bonchev–Trinajstić information content (AvgIpc) is 2.29. The van der Waals surface area contributed by atoms with Gasteiger partial charge in [0, 0.05) is 18.6 Å². The third-order valence-corrected chi connectivity index (χ3v) is 3.37. The van der Waals surface area contributed by atoms with Gasteiger partial charge in [0.2, 0.25) is 0 Å². The van der Waals surface area contributed by atoms with Crippen LogP contribution in [0.1, 0.15) is 26.2 Å². The molecule has 1 heterocycles. The number of nitrogens with one attached hydrogen (secondary N) is 1. The first-order chi connectivity index (χ1) is 7.26. The van der Waals surface area contributed by atoms with E-state index in [9.17, 15) is 0 Å². The number of rotatable bonds is 6. The summed E-state index contributed by atoms with van der Waals surface area (Å²) in [6, 6.07) is 0. The van der Waals surface area contributed by atoms with Crippen LogP contribution in [-0.2, 0) is 0 Å². The van der Waals surface area contributed by atoms with Crippen LogP contribution in [0.4, 0.5) is 0 Å². The minimum Gasteiger partial charge on any atom is -0.329 e. The van der Waals surface area contributed by atoms with Crippen molar-refractivity contribution in [2.24, 2.45) is 5.73 Å². The highest BCUT2D eigenvalue weighted by Gasteiger charge is 2.31. The second-order valence-corrected chi connectivity index (χ2v) is 4.50. The Morgan fingerprint density at radius 1 is 1.47 bits per heavy atom. The molecule has 1 aliphatic rings. The molecule has 3 heteroatoms. The summed E-state index contributed by atoms with van der Waals surface area (Å²) in [6.45, 7) is 11.2. The van der Waals surface area contributed by atoms with Gasteiger partial charge in [0.1, 0.15) is 0 Å². The Labute approximate surface area is 93.7 Å². The maximum absolute atomic E-state index is 5.88. The summed E-state index contributed by atoms with van der Waals surface area (Å²) in [5, 5.41) is 3.53. The summed E-state index contributed by atoms with van der Waals surface area (Å²) >= 11 is 0. The van der Waals surface area contributed by atoms with Crippen LogP contribution in [0.15, 0.2) is 12.7 Å². The molecule has 0 atom stereocenters. The molecular formula is C12H25N3. The maximum Gasteiger partial charge on any atom is 0.0331 e. The van der Waals surface area contributed by atoms with E-state index in [0.29, 0.717) is 0 Å². The standard InChI is InChI=1S/C12H25N3/c1-3-7-14-12(11-13)5-9-15(8-4-2)10-6-12/h3,14H,1,4-11,13H2,2H3. The maximum atomic E-state index is 5.88. The van der Waals surface area contributed by atoms with E-state index in [2.05, 4.69) is 23.7 Å². The number of nitrogens with two attached hydrogens (primary N) is 1. The van der Waals surface area contributed by atoms with Gasteiger partial charge in [-0.15, -0.1) is 6.58 Å². The SMILES string of the molecule is C=CCNC1(CN)CCN(CCC)CC1. The molecule has 0 amide bonds. The zero-order chi connectivity index (χ0) is 11.1. The monoisotopic (exact) mass is 211 g/mol. The second kappa shape index (κ2) is 6.26. The van der Waals surface area contributed by atoms with E-state index in [1.165, 1.54) is 26.1 Å². The minimum atomic E-state index is 0.165. The largest absolute Gasteiger partial charge is 0.329 e. The van der Waals surface area contributed by atoms with Gasteiger partial charge < -0.3 is 16.0 Å². The number of hydrogen-bond acceptors (Lipinski definition) is 3. The molecule has 15 heavy (non-hydrogen) atoms. The quantitative estimate of drug-likeness (QED) is 0.643. The van der Waals surface area contributed by atoms with E-state index >= 15 is 0 Å². The molecule has 0 unspecified atom stereocenters. The molecule has 3 N–H and O–H groups in total. The lowest BCUT2D eigenvalue weighted by molar-refractivity contribution is 0.142. The Morgan fingerprint density at radius 2 is 2.13 bits per heavy atom. The highest BCUT2D eigenvalue weighted by Crippen LogP contribution is 2.21. The molecule has 0 spiro atoms. The molecule has 0 aromatic carbocycles. The van der Waals surface area contributed by atoms with Crippen molar-refractivity contribution in [2.45, 2.75) is 31.7 Å². The molecule has 0 aromatic heterocycles. The fraction of sp³-hybridized carbons (Fsp3) is 0.833. The van der Waals surface area contributed by atoms with Crippen LogP contribution in [0.2, 0.25) is 0 Å². The van der Waals surface area contributed by atoms with Crippen molar-refractivity contribution in [1.82, 2.24) is 10.2 Å². The van der Waals surface area contributed by atoms with Crippen molar-refractivity contribution < 1.29 is 0 Å². The van der Waals surface area contributed by atoms with E-state index in [1.54, 1.807) is 0 Å². The topological polar surface area (TPSA) is 41.3 Å². The van der Waals surface area contributed by atoms with E-state index in [-0.39, 0.29) is 5.54 Å². The molecule has 0 saturated carbocycles. The molecule has 3 nitrogen and oxygen atoms in total. The molecule has 1 saturated heterocycles. The van der Waals surface area contributed by atoms with Gasteiger partial charge >= 0.3 is 0 Å². The van der Waals surface area contributed by atoms with Crippen molar-refractivity contribution in [1.29, 1.82) is 0 Å². The molecule has 0 aromatic rings. The molecule has 0 radical (unpaired) electrons. The fourth-order valence-corrected chi connectivity index (χ4v) is 2.26. The highest BCUT2D eigenvalue weighted by molar-refractivity contribution is 4.95. The minimum absolute atomic E-state index is 0.165. The van der Waals surface area contributed by atoms with E-state index in [1.807, 2.05) is 6.08 Å². The van der Waals surface area contributed by atoms with Gasteiger partial charge in [0.15, 0.2) is 0 Å². The summed E-state index contributed by atoms with van der Waals surface area (Å²) < 4.78 is 0. The number of likely N-dealkylation sites (tertiary alicyclic amines) is 1.